The quantitative estimate of drug-likeness (QED) is 0.453. The summed E-state index contributed by atoms with van der Waals surface area (Å²) < 4.78 is 61.6. The lowest BCUT2D eigenvalue weighted by Gasteiger charge is -2.31. The summed E-state index contributed by atoms with van der Waals surface area (Å²) in [5.74, 6) is -2.53. The van der Waals surface area contributed by atoms with E-state index >= 15 is 0 Å². The first-order chi connectivity index (χ1) is 15.6. The number of hydrogen-bond acceptors (Lipinski definition) is 4. The molecule has 1 saturated carbocycles. The number of hydrogen-bond donors (Lipinski definition) is 1. The number of benzene rings is 2. The van der Waals surface area contributed by atoms with Crippen molar-refractivity contribution in [3.63, 3.8) is 0 Å². The van der Waals surface area contributed by atoms with Gasteiger partial charge >= 0.3 is 5.97 Å². The Morgan fingerprint density at radius 2 is 1.79 bits per heavy atom. The molecule has 1 aliphatic carbocycles. The van der Waals surface area contributed by atoms with Crippen LogP contribution in [-0.2, 0) is 10.0 Å². The predicted molar refractivity (Wildman–Crippen MR) is 121 cm³/mol. The topological polar surface area (TPSA) is 83.9 Å². The summed E-state index contributed by atoms with van der Waals surface area (Å²) >= 11 is 9.03. The minimum absolute atomic E-state index is 0.0177. The Morgan fingerprint density at radius 1 is 1.12 bits per heavy atom. The third kappa shape index (κ3) is 5.18. The van der Waals surface area contributed by atoms with Gasteiger partial charge in [0.05, 0.1) is 17.2 Å². The molecule has 0 spiro atoms. The summed E-state index contributed by atoms with van der Waals surface area (Å²) in [6.07, 6.45) is 2.76. The van der Waals surface area contributed by atoms with Crippen molar-refractivity contribution in [3.05, 3.63) is 56.5 Å². The SMILES string of the molecule is O=C(O)c1cc(C2CC2)c(OCC2CCN(S(=O)(=O)c3cc(Cl)c(Br)cc3F)CC2)cc1F. The number of aromatic carboxylic acids is 1. The molecule has 6 nitrogen and oxygen atoms in total. The second kappa shape index (κ2) is 9.48. The smallest absolute Gasteiger partial charge is 0.338 e. The van der Waals surface area contributed by atoms with E-state index in [4.69, 9.17) is 21.4 Å². The van der Waals surface area contributed by atoms with E-state index in [-0.39, 0.29) is 46.6 Å². The van der Waals surface area contributed by atoms with Crippen LogP contribution < -0.4 is 4.74 Å². The fourth-order valence-electron chi connectivity index (χ4n) is 3.94. The number of rotatable bonds is 7. The summed E-state index contributed by atoms with van der Waals surface area (Å²) in [4.78, 5) is 10.8. The van der Waals surface area contributed by atoms with E-state index in [1.54, 1.807) is 0 Å². The van der Waals surface area contributed by atoms with Crippen LogP contribution >= 0.6 is 27.5 Å². The van der Waals surface area contributed by atoms with Crippen molar-refractivity contribution in [1.29, 1.82) is 0 Å². The molecule has 11 heteroatoms. The lowest BCUT2D eigenvalue weighted by Crippen LogP contribution is -2.40. The molecule has 4 rings (SSSR count). The number of carboxylic acids is 1. The molecule has 2 aromatic rings. The molecule has 33 heavy (non-hydrogen) atoms. The van der Waals surface area contributed by atoms with Crippen LogP contribution in [0.5, 0.6) is 5.75 Å². The van der Waals surface area contributed by atoms with Gasteiger partial charge in [-0.1, -0.05) is 11.6 Å². The van der Waals surface area contributed by atoms with Gasteiger partial charge in [0, 0.05) is 23.6 Å². The minimum atomic E-state index is -4.04. The Balaban J connectivity index is 1.41. The first-order valence-electron chi connectivity index (χ1n) is 10.4. The molecule has 0 radical (unpaired) electrons. The maximum Gasteiger partial charge on any atom is 0.338 e. The average Bonchev–Trinajstić information content (AvgIpc) is 3.60. The second-order valence-corrected chi connectivity index (χ2v) is 11.5. The maximum absolute atomic E-state index is 14.3. The van der Waals surface area contributed by atoms with E-state index in [9.17, 15) is 22.0 Å². The molecule has 2 aromatic carbocycles. The zero-order chi connectivity index (χ0) is 23.9. The first kappa shape index (κ1) is 24.4. The summed E-state index contributed by atoms with van der Waals surface area (Å²) in [6, 6.07) is 4.59. The fraction of sp³-hybridized carbons (Fsp3) is 0.409. The Bertz CT molecular complexity index is 1200. The highest BCUT2D eigenvalue weighted by Crippen LogP contribution is 2.45. The first-order valence-corrected chi connectivity index (χ1v) is 13.0. The number of nitrogens with zero attached hydrogens (tertiary/aromatic N) is 1. The summed E-state index contributed by atoms with van der Waals surface area (Å²) in [5, 5.41) is 9.27. The van der Waals surface area contributed by atoms with Gasteiger partial charge in [0.25, 0.3) is 0 Å². The van der Waals surface area contributed by atoms with Gasteiger partial charge in [0.2, 0.25) is 10.0 Å². The van der Waals surface area contributed by atoms with Crippen molar-refractivity contribution in [2.45, 2.75) is 36.5 Å². The fourth-order valence-corrected chi connectivity index (χ4v) is 6.02. The highest BCUT2D eigenvalue weighted by Gasteiger charge is 2.33. The lowest BCUT2D eigenvalue weighted by molar-refractivity contribution is 0.0691. The highest BCUT2D eigenvalue weighted by atomic mass is 79.9. The molecular formula is C22H21BrClF2NO5S. The van der Waals surface area contributed by atoms with Crippen LogP contribution in [0.4, 0.5) is 8.78 Å². The Labute approximate surface area is 203 Å². The molecule has 0 aromatic heterocycles. The van der Waals surface area contributed by atoms with Gasteiger partial charge in [-0.15, -0.1) is 0 Å². The summed E-state index contributed by atoms with van der Waals surface area (Å²) in [6.45, 7) is 0.620. The molecule has 1 N–H and O–H groups in total. The molecule has 0 bridgehead atoms. The highest BCUT2D eigenvalue weighted by molar-refractivity contribution is 9.10. The molecule has 2 aliphatic rings. The molecule has 1 saturated heterocycles. The van der Waals surface area contributed by atoms with Crippen molar-refractivity contribution >= 4 is 43.5 Å². The van der Waals surface area contributed by atoms with Gasteiger partial charge in [0.1, 0.15) is 22.3 Å². The van der Waals surface area contributed by atoms with Crippen LogP contribution in [0.25, 0.3) is 0 Å². The standard InChI is InChI=1S/C22H21BrClF2NO5S/c23-16-8-19(26)21(9-17(16)24)33(30,31)27-5-3-12(4-6-27)11-32-20-10-18(25)15(22(28)29)7-14(20)13-1-2-13/h7-10,12-13H,1-6,11H2,(H,28,29). The predicted octanol–water partition coefficient (Wildman–Crippen LogP) is 5.44. The van der Waals surface area contributed by atoms with Crippen molar-refractivity contribution in [2.24, 2.45) is 5.92 Å². The monoisotopic (exact) mass is 563 g/mol. The zero-order valence-corrected chi connectivity index (χ0v) is 20.5. The Morgan fingerprint density at radius 3 is 2.39 bits per heavy atom. The van der Waals surface area contributed by atoms with Crippen molar-refractivity contribution < 1.29 is 31.8 Å². The van der Waals surface area contributed by atoms with Crippen LogP contribution in [0.3, 0.4) is 0 Å². The van der Waals surface area contributed by atoms with Crippen molar-refractivity contribution in [1.82, 2.24) is 4.31 Å². The Kier molecular flexibility index (Phi) is 7.00. The van der Waals surface area contributed by atoms with E-state index in [2.05, 4.69) is 15.9 Å². The van der Waals surface area contributed by atoms with Gasteiger partial charge in [-0.2, -0.15) is 4.31 Å². The molecule has 178 valence electrons. The van der Waals surface area contributed by atoms with Crippen LogP contribution in [-0.4, -0.2) is 43.5 Å². The van der Waals surface area contributed by atoms with Gasteiger partial charge in [-0.05, 0) is 77.2 Å². The van der Waals surface area contributed by atoms with Crippen molar-refractivity contribution in [3.8, 4) is 5.75 Å². The number of halogens is 4. The molecule has 0 amide bonds. The number of carboxylic acid groups (broad SMARTS) is 1. The number of carbonyl (C=O) groups is 1. The summed E-state index contributed by atoms with van der Waals surface area (Å²) in [7, 11) is -4.04. The molecule has 2 fully saturated rings. The molecule has 1 aliphatic heterocycles. The molecule has 0 atom stereocenters. The van der Waals surface area contributed by atoms with Crippen LogP contribution in [0.1, 0.15) is 47.5 Å². The number of sulfonamides is 1. The van der Waals surface area contributed by atoms with Crippen molar-refractivity contribution in [2.75, 3.05) is 19.7 Å². The second-order valence-electron chi connectivity index (χ2n) is 8.30. The summed E-state index contributed by atoms with van der Waals surface area (Å²) in [5.41, 5.74) is 0.319. The molecular weight excluding hydrogens is 544 g/mol. The van der Waals surface area contributed by atoms with E-state index in [1.807, 2.05) is 0 Å². The normalized spacial score (nSPS) is 17.8. The van der Waals surface area contributed by atoms with Crippen LogP contribution in [0.2, 0.25) is 5.02 Å². The number of ether oxygens (including phenoxy) is 1. The average molecular weight is 565 g/mol. The largest absolute Gasteiger partial charge is 0.493 e. The third-order valence-corrected chi connectivity index (χ3v) is 9.10. The maximum atomic E-state index is 14.3. The van der Waals surface area contributed by atoms with E-state index in [1.165, 1.54) is 10.4 Å². The van der Waals surface area contributed by atoms with Crippen LogP contribution in [0.15, 0.2) is 33.6 Å². The van der Waals surface area contributed by atoms with E-state index < -0.39 is 32.5 Å². The van der Waals surface area contributed by atoms with E-state index in [0.717, 1.165) is 31.0 Å². The lowest BCUT2D eigenvalue weighted by atomic mass is 9.99. The van der Waals surface area contributed by atoms with E-state index in [0.29, 0.717) is 24.2 Å². The van der Waals surface area contributed by atoms with Gasteiger partial charge in [0.15, 0.2) is 0 Å². The minimum Gasteiger partial charge on any atom is -0.493 e. The zero-order valence-electron chi connectivity index (χ0n) is 17.4. The van der Waals surface area contributed by atoms with Crippen LogP contribution in [0, 0.1) is 17.6 Å². The number of piperidine rings is 1. The third-order valence-electron chi connectivity index (χ3n) is 5.99. The molecule has 0 unspecified atom stereocenters. The van der Waals surface area contributed by atoms with Gasteiger partial charge in [-0.3, -0.25) is 0 Å². The molecule has 1 heterocycles. The van der Waals surface area contributed by atoms with Gasteiger partial charge < -0.3 is 9.84 Å². The van der Waals surface area contributed by atoms with Gasteiger partial charge in [-0.25, -0.2) is 22.0 Å². The Hall–Kier alpha value is -1.75.